The van der Waals surface area contributed by atoms with E-state index in [9.17, 15) is 0 Å². The zero-order valence-corrected chi connectivity index (χ0v) is 11.6. The molecule has 1 atom stereocenters. The first-order valence-corrected chi connectivity index (χ1v) is 7.36. The van der Waals surface area contributed by atoms with Crippen LogP contribution in [0.15, 0.2) is 24.3 Å². The first kappa shape index (κ1) is 13.4. The minimum Gasteiger partial charge on any atom is -0.371 e. The van der Waals surface area contributed by atoms with Crippen molar-refractivity contribution in [2.75, 3.05) is 18.0 Å². The normalized spacial score (nSPS) is 17.1. The summed E-state index contributed by atoms with van der Waals surface area (Å²) in [7, 11) is 0. The monoisotopic (exact) mass is 246 g/mol. The predicted octanol–water partition coefficient (Wildman–Crippen LogP) is 3.35. The van der Waals surface area contributed by atoms with E-state index in [1.54, 1.807) is 0 Å². The van der Waals surface area contributed by atoms with E-state index in [1.165, 1.54) is 56.4 Å². The van der Waals surface area contributed by atoms with E-state index in [4.69, 9.17) is 5.73 Å². The van der Waals surface area contributed by atoms with Crippen LogP contribution in [-0.4, -0.2) is 19.1 Å². The quantitative estimate of drug-likeness (QED) is 0.807. The summed E-state index contributed by atoms with van der Waals surface area (Å²) in [5, 5.41) is 0. The van der Waals surface area contributed by atoms with Gasteiger partial charge in [-0.1, -0.05) is 24.6 Å². The van der Waals surface area contributed by atoms with Crippen molar-refractivity contribution in [3.63, 3.8) is 0 Å². The Morgan fingerprint density at radius 2 is 2.06 bits per heavy atom. The van der Waals surface area contributed by atoms with Crippen LogP contribution in [0, 0.1) is 0 Å². The second kappa shape index (κ2) is 6.79. The number of aryl methyl sites for hydroxylation is 1. The molecule has 1 aliphatic rings. The summed E-state index contributed by atoms with van der Waals surface area (Å²) in [4.78, 5) is 2.57. The van der Waals surface area contributed by atoms with Crippen molar-refractivity contribution < 1.29 is 0 Å². The molecule has 0 saturated heterocycles. The third-order valence-corrected chi connectivity index (χ3v) is 3.79. The average molecular weight is 246 g/mol. The summed E-state index contributed by atoms with van der Waals surface area (Å²) in [5.41, 5.74) is 8.80. The summed E-state index contributed by atoms with van der Waals surface area (Å²) in [6.45, 7) is 4.50. The molecular formula is C16H26N2. The highest BCUT2D eigenvalue weighted by molar-refractivity contribution is 5.54. The highest BCUT2D eigenvalue weighted by atomic mass is 15.1. The SMILES string of the molecule is CC(N)CCCCN1CCCCc2ccccc21. The lowest BCUT2D eigenvalue weighted by atomic mass is 10.1. The molecule has 0 amide bonds. The van der Waals surface area contributed by atoms with E-state index in [0.717, 1.165) is 6.42 Å². The summed E-state index contributed by atoms with van der Waals surface area (Å²) < 4.78 is 0. The van der Waals surface area contributed by atoms with Gasteiger partial charge in [-0.2, -0.15) is 0 Å². The van der Waals surface area contributed by atoms with Gasteiger partial charge in [0, 0.05) is 24.8 Å². The maximum Gasteiger partial charge on any atom is 0.0398 e. The fourth-order valence-corrected chi connectivity index (χ4v) is 2.77. The molecule has 2 rings (SSSR count). The molecule has 2 N–H and O–H groups in total. The van der Waals surface area contributed by atoms with E-state index in [1.807, 2.05) is 0 Å². The molecule has 0 fully saturated rings. The zero-order valence-electron chi connectivity index (χ0n) is 11.6. The lowest BCUT2D eigenvalue weighted by Gasteiger charge is -2.25. The number of benzene rings is 1. The minimum absolute atomic E-state index is 0.349. The molecule has 0 saturated carbocycles. The molecule has 1 aliphatic heterocycles. The van der Waals surface area contributed by atoms with Crippen LogP contribution in [0.4, 0.5) is 5.69 Å². The first-order chi connectivity index (χ1) is 8.77. The Labute approximate surface area is 111 Å². The number of anilines is 1. The van der Waals surface area contributed by atoms with Crippen molar-refractivity contribution in [1.82, 2.24) is 0 Å². The Hall–Kier alpha value is -1.02. The van der Waals surface area contributed by atoms with Gasteiger partial charge in [0.25, 0.3) is 0 Å². The van der Waals surface area contributed by atoms with Gasteiger partial charge in [0.05, 0.1) is 0 Å². The molecule has 2 nitrogen and oxygen atoms in total. The largest absolute Gasteiger partial charge is 0.371 e. The Kier molecular flexibility index (Phi) is 5.06. The third-order valence-electron chi connectivity index (χ3n) is 3.79. The Balaban J connectivity index is 1.91. The van der Waals surface area contributed by atoms with Gasteiger partial charge in [-0.05, 0) is 50.7 Å². The van der Waals surface area contributed by atoms with Crippen molar-refractivity contribution in [2.45, 2.75) is 51.5 Å². The second-order valence-electron chi connectivity index (χ2n) is 5.55. The lowest BCUT2D eigenvalue weighted by Crippen LogP contribution is -2.25. The number of hydrogen-bond acceptors (Lipinski definition) is 2. The van der Waals surface area contributed by atoms with Gasteiger partial charge in [0.15, 0.2) is 0 Å². The van der Waals surface area contributed by atoms with E-state index >= 15 is 0 Å². The molecule has 0 aliphatic carbocycles. The molecule has 1 unspecified atom stereocenters. The van der Waals surface area contributed by atoms with Gasteiger partial charge in [0.2, 0.25) is 0 Å². The fourth-order valence-electron chi connectivity index (χ4n) is 2.77. The number of hydrogen-bond donors (Lipinski definition) is 1. The Morgan fingerprint density at radius 3 is 2.89 bits per heavy atom. The molecule has 1 heterocycles. The predicted molar refractivity (Wildman–Crippen MR) is 79.1 cm³/mol. The summed E-state index contributed by atoms with van der Waals surface area (Å²) in [6, 6.07) is 9.25. The second-order valence-corrected chi connectivity index (χ2v) is 5.55. The molecule has 0 radical (unpaired) electrons. The average Bonchev–Trinajstić information content (AvgIpc) is 2.57. The molecule has 18 heavy (non-hydrogen) atoms. The summed E-state index contributed by atoms with van der Waals surface area (Å²) in [6.07, 6.45) is 7.55. The van der Waals surface area contributed by atoms with Gasteiger partial charge in [-0.3, -0.25) is 0 Å². The number of unbranched alkanes of at least 4 members (excludes halogenated alkanes) is 1. The molecule has 0 spiro atoms. The van der Waals surface area contributed by atoms with Crippen LogP contribution in [0.5, 0.6) is 0 Å². The molecule has 0 bridgehead atoms. The number of nitrogens with zero attached hydrogens (tertiary/aromatic N) is 1. The third kappa shape index (κ3) is 3.74. The Morgan fingerprint density at radius 1 is 1.22 bits per heavy atom. The van der Waals surface area contributed by atoms with Gasteiger partial charge in [-0.25, -0.2) is 0 Å². The summed E-state index contributed by atoms with van der Waals surface area (Å²) >= 11 is 0. The van der Waals surface area contributed by atoms with Gasteiger partial charge >= 0.3 is 0 Å². The highest BCUT2D eigenvalue weighted by Crippen LogP contribution is 2.26. The van der Waals surface area contributed by atoms with Gasteiger partial charge in [-0.15, -0.1) is 0 Å². The molecule has 2 heteroatoms. The topological polar surface area (TPSA) is 29.3 Å². The van der Waals surface area contributed by atoms with Crippen molar-refractivity contribution in [1.29, 1.82) is 0 Å². The number of fused-ring (bicyclic) bond motifs is 1. The minimum atomic E-state index is 0.349. The van der Waals surface area contributed by atoms with Crippen LogP contribution in [-0.2, 0) is 6.42 Å². The molecule has 1 aromatic rings. The van der Waals surface area contributed by atoms with Crippen molar-refractivity contribution >= 4 is 5.69 Å². The van der Waals surface area contributed by atoms with E-state index in [-0.39, 0.29) is 0 Å². The molecule has 1 aromatic carbocycles. The van der Waals surface area contributed by atoms with E-state index < -0.39 is 0 Å². The molecule has 0 aromatic heterocycles. The van der Waals surface area contributed by atoms with Crippen LogP contribution in [0.3, 0.4) is 0 Å². The number of rotatable bonds is 5. The number of nitrogens with two attached hydrogens (primary N) is 1. The van der Waals surface area contributed by atoms with E-state index in [2.05, 4.69) is 36.1 Å². The van der Waals surface area contributed by atoms with Crippen molar-refractivity contribution in [2.24, 2.45) is 5.73 Å². The zero-order chi connectivity index (χ0) is 12.8. The lowest BCUT2D eigenvalue weighted by molar-refractivity contribution is 0.586. The maximum absolute atomic E-state index is 5.80. The number of para-hydroxylation sites is 1. The maximum atomic E-state index is 5.80. The van der Waals surface area contributed by atoms with Crippen LogP contribution in [0.1, 0.15) is 44.6 Å². The fraction of sp³-hybridized carbons (Fsp3) is 0.625. The molecule has 100 valence electrons. The molecular weight excluding hydrogens is 220 g/mol. The van der Waals surface area contributed by atoms with Gasteiger partial charge < -0.3 is 10.6 Å². The van der Waals surface area contributed by atoms with Crippen LogP contribution in [0.25, 0.3) is 0 Å². The Bertz CT molecular complexity index is 360. The first-order valence-electron chi connectivity index (χ1n) is 7.36. The summed E-state index contributed by atoms with van der Waals surface area (Å²) in [5.74, 6) is 0. The van der Waals surface area contributed by atoms with E-state index in [0.29, 0.717) is 6.04 Å². The highest BCUT2D eigenvalue weighted by Gasteiger charge is 2.13. The van der Waals surface area contributed by atoms with Crippen LogP contribution < -0.4 is 10.6 Å². The van der Waals surface area contributed by atoms with Crippen LogP contribution in [0.2, 0.25) is 0 Å². The van der Waals surface area contributed by atoms with Crippen molar-refractivity contribution in [3.05, 3.63) is 29.8 Å². The smallest absolute Gasteiger partial charge is 0.0398 e. The standard InChI is InChI=1S/C16H26N2/c1-14(17)8-4-6-12-18-13-7-5-10-15-9-2-3-11-16(15)18/h2-3,9,11,14H,4-8,10,12-13,17H2,1H3. The van der Waals surface area contributed by atoms with Crippen molar-refractivity contribution in [3.8, 4) is 0 Å². The van der Waals surface area contributed by atoms with Crippen LogP contribution >= 0.6 is 0 Å². The van der Waals surface area contributed by atoms with Gasteiger partial charge in [0.1, 0.15) is 0 Å².